The maximum Gasteiger partial charge on any atom is 0.137 e. The zero-order chi connectivity index (χ0) is 11.4. The van der Waals surface area contributed by atoms with Gasteiger partial charge in [-0.25, -0.2) is 0 Å². The Balaban J connectivity index is 2.01. The minimum Gasteiger partial charge on any atom is -0.495 e. The van der Waals surface area contributed by atoms with E-state index < -0.39 is 0 Å². The summed E-state index contributed by atoms with van der Waals surface area (Å²) < 4.78 is 5.14. The molecule has 0 saturated carbocycles. The molecule has 16 heavy (non-hydrogen) atoms. The normalized spacial score (nSPS) is 20.8. The maximum absolute atomic E-state index is 6.10. The van der Waals surface area contributed by atoms with Gasteiger partial charge in [0.05, 0.1) is 12.1 Å². The van der Waals surface area contributed by atoms with Crippen molar-refractivity contribution < 1.29 is 4.74 Å². The van der Waals surface area contributed by atoms with E-state index in [0.717, 1.165) is 25.3 Å². The molecule has 1 aliphatic heterocycles. The number of ether oxygens (including phenoxy) is 1. The predicted molar refractivity (Wildman–Crippen MR) is 70.8 cm³/mol. The second kappa shape index (κ2) is 5.80. The van der Waals surface area contributed by atoms with Gasteiger partial charge < -0.3 is 10.1 Å². The highest BCUT2D eigenvalue weighted by Crippen LogP contribution is 2.27. The number of hydrogen-bond donors (Lipinski definition) is 1. The van der Waals surface area contributed by atoms with Crippen LogP contribution >= 0.6 is 23.4 Å². The summed E-state index contributed by atoms with van der Waals surface area (Å²) in [5.41, 5.74) is 1.28. The van der Waals surface area contributed by atoms with Crippen molar-refractivity contribution in [3.05, 3.63) is 28.8 Å². The molecule has 1 aliphatic rings. The molecular formula is C12H16ClNOS. The lowest BCUT2D eigenvalue weighted by atomic mass is 10.1. The van der Waals surface area contributed by atoms with E-state index in [1.165, 1.54) is 11.3 Å². The van der Waals surface area contributed by atoms with Gasteiger partial charge in [-0.15, -0.1) is 0 Å². The maximum atomic E-state index is 6.10. The van der Waals surface area contributed by atoms with Crippen LogP contribution in [0.15, 0.2) is 18.2 Å². The van der Waals surface area contributed by atoms with Gasteiger partial charge in [-0.05, 0) is 24.1 Å². The van der Waals surface area contributed by atoms with E-state index in [1.807, 2.05) is 23.9 Å². The summed E-state index contributed by atoms with van der Waals surface area (Å²) in [7, 11) is 1.64. The second-order valence-corrected chi connectivity index (χ2v) is 5.69. The van der Waals surface area contributed by atoms with E-state index in [9.17, 15) is 0 Å². The molecule has 2 nitrogen and oxygen atoms in total. The first kappa shape index (κ1) is 12.1. The molecule has 1 heterocycles. The minimum absolute atomic E-state index is 0.665. The molecule has 4 heteroatoms. The molecular weight excluding hydrogens is 242 g/mol. The van der Waals surface area contributed by atoms with Crippen LogP contribution in [-0.4, -0.2) is 31.2 Å². The summed E-state index contributed by atoms with van der Waals surface area (Å²) in [6.45, 7) is 2.22. The highest BCUT2D eigenvalue weighted by atomic mass is 35.5. The summed E-state index contributed by atoms with van der Waals surface area (Å²) in [6, 6.07) is 6.05. The molecule has 1 N–H and O–H groups in total. The van der Waals surface area contributed by atoms with Crippen LogP contribution in [-0.2, 0) is 6.42 Å². The molecule has 0 amide bonds. The predicted octanol–water partition coefficient (Wildman–Crippen LogP) is 2.60. The monoisotopic (exact) mass is 257 g/mol. The lowest BCUT2D eigenvalue weighted by Gasteiger charge is -2.22. The van der Waals surface area contributed by atoms with Crippen molar-refractivity contribution in [3.8, 4) is 5.75 Å². The smallest absolute Gasteiger partial charge is 0.137 e. The first-order valence-corrected chi connectivity index (χ1v) is 6.87. The Morgan fingerprint density at radius 1 is 1.56 bits per heavy atom. The highest BCUT2D eigenvalue weighted by Gasteiger charge is 2.14. The fourth-order valence-corrected chi connectivity index (χ4v) is 3.27. The molecule has 1 aromatic carbocycles. The van der Waals surface area contributed by atoms with Crippen molar-refractivity contribution in [2.75, 3.05) is 26.0 Å². The van der Waals surface area contributed by atoms with Gasteiger partial charge in [0.1, 0.15) is 5.75 Å². The van der Waals surface area contributed by atoms with Crippen LogP contribution in [0, 0.1) is 0 Å². The Morgan fingerprint density at radius 2 is 2.44 bits per heavy atom. The SMILES string of the molecule is COc1ccc(CC2CNCCS2)cc1Cl. The van der Waals surface area contributed by atoms with Crippen molar-refractivity contribution in [2.24, 2.45) is 0 Å². The third-order valence-electron chi connectivity index (χ3n) is 2.68. The van der Waals surface area contributed by atoms with E-state index in [-0.39, 0.29) is 0 Å². The van der Waals surface area contributed by atoms with Crippen molar-refractivity contribution in [3.63, 3.8) is 0 Å². The van der Waals surface area contributed by atoms with Crippen LogP contribution in [0.4, 0.5) is 0 Å². The van der Waals surface area contributed by atoms with Crippen LogP contribution < -0.4 is 10.1 Å². The van der Waals surface area contributed by atoms with Crippen LogP contribution in [0.5, 0.6) is 5.75 Å². The van der Waals surface area contributed by atoms with E-state index in [4.69, 9.17) is 16.3 Å². The summed E-state index contributed by atoms with van der Waals surface area (Å²) in [5, 5.41) is 4.78. The van der Waals surface area contributed by atoms with E-state index >= 15 is 0 Å². The van der Waals surface area contributed by atoms with E-state index in [0.29, 0.717) is 10.3 Å². The van der Waals surface area contributed by atoms with Crippen LogP contribution in [0.2, 0.25) is 5.02 Å². The van der Waals surface area contributed by atoms with Gasteiger partial charge in [0.15, 0.2) is 0 Å². The quantitative estimate of drug-likeness (QED) is 0.900. The molecule has 88 valence electrons. The molecule has 1 aromatic rings. The number of thioether (sulfide) groups is 1. The van der Waals surface area contributed by atoms with Crippen molar-refractivity contribution >= 4 is 23.4 Å². The topological polar surface area (TPSA) is 21.3 Å². The molecule has 0 radical (unpaired) electrons. The van der Waals surface area contributed by atoms with Crippen molar-refractivity contribution in [1.82, 2.24) is 5.32 Å². The Morgan fingerprint density at radius 3 is 3.06 bits per heavy atom. The molecule has 1 fully saturated rings. The number of methoxy groups -OCH3 is 1. The Kier molecular flexibility index (Phi) is 4.38. The average molecular weight is 258 g/mol. The van der Waals surface area contributed by atoms with Gasteiger partial charge in [-0.2, -0.15) is 11.8 Å². The third kappa shape index (κ3) is 3.06. The first-order valence-electron chi connectivity index (χ1n) is 5.44. The van der Waals surface area contributed by atoms with Gasteiger partial charge in [0.2, 0.25) is 0 Å². The van der Waals surface area contributed by atoms with Crippen molar-refractivity contribution in [1.29, 1.82) is 0 Å². The van der Waals surface area contributed by atoms with E-state index in [2.05, 4.69) is 11.4 Å². The fraction of sp³-hybridized carbons (Fsp3) is 0.500. The van der Waals surface area contributed by atoms with Gasteiger partial charge in [0, 0.05) is 24.1 Å². The zero-order valence-electron chi connectivity index (χ0n) is 9.33. The Hall–Kier alpha value is -0.380. The molecule has 0 bridgehead atoms. The lowest BCUT2D eigenvalue weighted by molar-refractivity contribution is 0.415. The Bertz CT molecular complexity index is 353. The fourth-order valence-electron chi connectivity index (χ4n) is 1.85. The molecule has 0 spiro atoms. The number of rotatable bonds is 3. The summed E-state index contributed by atoms with van der Waals surface area (Å²) >= 11 is 8.14. The second-order valence-electron chi connectivity index (χ2n) is 3.87. The Labute approximate surface area is 106 Å². The van der Waals surface area contributed by atoms with Crippen LogP contribution in [0.3, 0.4) is 0 Å². The average Bonchev–Trinajstić information content (AvgIpc) is 2.31. The number of halogens is 1. The minimum atomic E-state index is 0.665. The van der Waals surface area contributed by atoms with Gasteiger partial charge in [0.25, 0.3) is 0 Å². The highest BCUT2D eigenvalue weighted by molar-refractivity contribution is 8.00. The number of hydrogen-bond acceptors (Lipinski definition) is 3. The third-order valence-corrected chi connectivity index (χ3v) is 4.22. The van der Waals surface area contributed by atoms with Gasteiger partial charge in [-0.1, -0.05) is 17.7 Å². The largest absolute Gasteiger partial charge is 0.495 e. The van der Waals surface area contributed by atoms with Gasteiger partial charge in [-0.3, -0.25) is 0 Å². The lowest BCUT2D eigenvalue weighted by Crippen LogP contribution is -2.33. The molecule has 0 aliphatic carbocycles. The summed E-state index contributed by atoms with van der Waals surface area (Å²) in [6.07, 6.45) is 1.07. The number of nitrogens with one attached hydrogen (secondary N) is 1. The summed E-state index contributed by atoms with van der Waals surface area (Å²) in [4.78, 5) is 0. The molecule has 2 rings (SSSR count). The molecule has 1 unspecified atom stereocenters. The van der Waals surface area contributed by atoms with Crippen LogP contribution in [0.25, 0.3) is 0 Å². The van der Waals surface area contributed by atoms with Crippen molar-refractivity contribution in [2.45, 2.75) is 11.7 Å². The number of benzene rings is 1. The van der Waals surface area contributed by atoms with Gasteiger partial charge >= 0.3 is 0 Å². The summed E-state index contributed by atoms with van der Waals surface area (Å²) in [5.74, 6) is 1.95. The molecule has 0 aromatic heterocycles. The molecule has 1 saturated heterocycles. The standard InChI is InChI=1S/C12H16ClNOS/c1-15-12-3-2-9(7-11(12)13)6-10-8-14-4-5-16-10/h2-3,7,10,14H,4-6,8H2,1H3. The zero-order valence-corrected chi connectivity index (χ0v) is 10.9. The molecule has 1 atom stereocenters. The van der Waals surface area contributed by atoms with E-state index in [1.54, 1.807) is 7.11 Å². The first-order chi connectivity index (χ1) is 7.79. The van der Waals surface area contributed by atoms with Crippen LogP contribution in [0.1, 0.15) is 5.56 Å².